The van der Waals surface area contributed by atoms with Crippen LogP contribution < -0.4 is 10.6 Å². The Kier molecular flexibility index (Phi) is 4.19. The Morgan fingerprint density at radius 3 is 2.72 bits per heavy atom. The molecule has 25 heavy (non-hydrogen) atoms. The maximum absolute atomic E-state index is 10.7. The highest BCUT2D eigenvalue weighted by atomic mass is 32.1. The van der Waals surface area contributed by atoms with Crippen molar-refractivity contribution in [1.82, 2.24) is 9.97 Å². The summed E-state index contributed by atoms with van der Waals surface area (Å²) in [6.07, 6.45) is 5.09. The fourth-order valence-corrected chi connectivity index (χ4v) is 4.38. The number of fused-ring (bicyclic) bond motifs is 3. The third-order valence-corrected chi connectivity index (χ3v) is 5.53. The van der Waals surface area contributed by atoms with Crippen LogP contribution in [-0.4, -0.2) is 28.0 Å². The van der Waals surface area contributed by atoms with Crippen LogP contribution in [0.4, 0.5) is 17.2 Å². The molecule has 1 aliphatic rings. The van der Waals surface area contributed by atoms with Gasteiger partial charge in [0, 0.05) is 35.8 Å². The molecule has 0 fully saturated rings. The fourth-order valence-electron chi connectivity index (χ4n) is 3.15. The van der Waals surface area contributed by atoms with Crippen LogP contribution in [0.5, 0.6) is 0 Å². The zero-order valence-electron chi connectivity index (χ0n) is 13.5. The normalized spacial score (nSPS) is 13.0. The molecule has 0 saturated carbocycles. The average Bonchev–Trinajstić information content (AvgIpc) is 3.20. The number of benzene rings is 1. The molecule has 1 aliphatic carbocycles. The summed E-state index contributed by atoms with van der Waals surface area (Å²) in [6, 6.07) is 6.43. The molecule has 0 spiro atoms. The molecule has 2 heterocycles. The van der Waals surface area contributed by atoms with Gasteiger partial charge in [-0.25, -0.2) is 9.97 Å². The predicted molar refractivity (Wildman–Crippen MR) is 99.5 cm³/mol. The minimum atomic E-state index is -0.398. The van der Waals surface area contributed by atoms with E-state index >= 15 is 0 Å². The number of hydrogen-bond acceptors (Lipinski definition) is 7. The van der Waals surface area contributed by atoms with Crippen LogP contribution in [0, 0.1) is 10.1 Å². The number of aryl methyl sites for hydroxylation is 2. The molecule has 4 rings (SSSR count). The second-order valence-corrected chi connectivity index (χ2v) is 7.00. The first kappa shape index (κ1) is 15.8. The van der Waals surface area contributed by atoms with E-state index in [-0.39, 0.29) is 5.69 Å². The number of hydrogen-bond donors (Lipinski definition) is 2. The van der Waals surface area contributed by atoms with Crippen molar-refractivity contribution in [3.05, 3.63) is 51.1 Å². The van der Waals surface area contributed by atoms with E-state index in [1.165, 1.54) is 34.4 Å². The summed E-state index contributed by atoms with van der Waals surface area (Å²) in [5, 5.41) is 18.5. The van der Waals surface area contributed by atoms with Crippen LogP contribution >= 0.6 is 11.3 Å². The topological polar surface area (TPSA) is 93.0 Å². The van der Waals surface area contributed by atoms with Crippen LogP contribution in [-0.2, 0) is 12.8 Å². The van der Waals surface area contributed by atoms with Gasteiger partial charge in [0.15, 0.2) is 0 Å². The van der Waals surface area contributed by atoms with Crippen LogP contribution in [0.3, 0.4) is 0 Å². The Morgan fingerprint density at radius 2 is 1.92 bits per heavy atom. The molecule has 3 aromatic rings. The van der Waals surface area contributed by atoms with Gasteiger partial charge in [-0.1, -0.05) is 0 Å². The van der Waals surface area contributed by atoms with E-state index in [2.05, 4.69) is 20.6 Å². The molecule has 0 atom stereocenters. The zero-order valence-corrected chi connectivity index (χ0v) is 14.3. The van der Waals surface area contributed by atoms with Crippen LogP contribution in [0.15, 0.2) is 30.6 Å². The van der Waals surface area contributed by atoms with Gasteiger partial charge in [0.2, 0.25) is 0 Å². The van der Waals surface area contributed by atoms with E-state index in [9.17, 15) is 10.1 Å². The lowest BCUT2D eigenvalue weighted by molar-refractivity contribution is -0.384. The zero-order chi connectivity index (χ0) is 17.2. The summed E-state index contributed by atoms with van der Waals surface area (Å²) in [5.74, 6) is 0.898. The van der Waals surface area contributed by atoms with Gasteiger partial charge in [-0.3, -0.25) is 10.1 Å². The number of nitrogens with zero attached hydrogens (tertiary/aromatic N) is 3. The third kappa shape index (κ3) is 3.12. The average molecular weight is 355 g/mol. The Balaban J connectivity index is 1.39. The number of non-ortho nitro benzene ring substituents is 1. The smallest absolute Gasteiger partial charge is 0.269 e. The highest BCUT2D eigenvalue weighted by molar-refractivity contribution is 7.19. The highest BCUT2D eigenvalue weighted by Crippen LogP contribution is 2.38. The van der Waals surface area contributed by atoms with Crippen molar-refractivity contribution in [3.63, 3.8) is 0 Å². The summed E-state index contributed by atoms with van der Waals surface area (Å²) >= 11 is 1.78. The number of thiophene rings is 1. The van der Waals surface area contributed by atoms with Crippen LogP contribution in [0.25, 0.3) is 10.2 Å². The second-order valence-electron chi connectivity index (χ2n) is 5.92. The molecule has 7 nitrogen and oxygen atoms in total. The summed E-state index contributed by atoms with van der Waals surface area (Å²) in [7, 11) is 0. The van der Waals surface area contributed by atoms with Crippen molar-refractivity contribution in [2.75, 3.05) is 23.7 Å². The third-order valence-electron chi connectivity index (χ3n) is 4.33. The number of aromatic nitrogens is 2. The molecule has 2 N–H and O–H groups in total. The minimum absolute atomic E-state index is 0.0957. The molecular formula is C17H17N5O2S. The Hall–Kier alpha value is -2.74. The summed E-state index contributed by atoms with van der Waals surface area (Å²) < 4.78 is 0. The summed E-state index contributed by atoms with van der Waals surface area (Å²) in [4.78, 5) is 21.6. The summed E-state index contributed by atoms with van der Waals surface area (Å²) in [5.41, 5.74) is 2.36. The summed E-state index contributed by atoms with van der Waals surface area (Å²) in [6.45, 7) is 1.39. The molecule has 8 heteroatoms. The Labute approximate surface area is 148 Å². The monoisotopic (exact) mass is 355 g/mol. The maximum atomic E-state index is 10.7. The largest absolute Gasteiger partial charge is 0.383 e. The molecule has 0 unspecified atom stereocenters. The van der Waals surface area contributed by atoms with E-state index in [1.54, 1.807) is 29.8 Å². The van der Waals surface area contributed by atoms with Crippen molar-refractivity contribution in [1.29, 1.82) is 0 Å². The molecule has 0 saturated heterocycles. The number of anilines is 2. The first-order valence-electron chi connectivity index (χ1n) is 8.20. The van der Waals surface area contributed by atoms with Crippen molar-refractivity contribution in [3.8, 4) is 0 Å². The van der Waals surface area contributed by atoms with Crippen molar-refractivity contribution >= 4 is 38.7 Å². The second kappa shape index (κ2) is 6.64. The first-order valence-corrected chi connectivity index (χ1v) is 9.01. The molecule has 1 aromatic carbocycles. The molecule has 0 radical (unpaired) electrons. The van der Waals surface area contributed by atoms with E-state index in [4.69, 9.17) is 0 Å². The molecule has 0 aliphatic heterocycles. The van der Waals surface area contributed by atoms with Crippen molar-refractivity contribution in [2.24, 2.45) is 0 Å². The molecule has 2 aromatic heterocycles. The van der Waals surface area contributed by atoms with Crippen molar-refractivity contribution < 1.29 is 4.92 Å². The lowest BCUT2D eigenvalue weighted by Crippen LogP contribution is -2.14. The van der Waals surface area contributed by atoms with Gasteiger partial charge < -0.3 is 10.6 Å². The fraction of sp³-hybridized carbons (Fsp3) is 0.294. The first-order chi connectivity index (χ1) is 12.2. The Bertz CT molecular complexity index is 923. The van der Waals surface area contributed by atoms with Gasteiger partial charge >= 0.3 is 0 Å². The minimum Gasteiger partial charge on any atom is -0.383 e. The highest BCUT2D eigenvalue weighted by Gasteiger charge is 2.20. The van der Waals surface area contributed by atoms with Gasteiger partial charge in [-0.15, -0.1) is 11.3 Å². The lowest BCUT2D eigenvalue weighted by atomic mass is 10.2. The van der Waals surface area contributed by atoms with Gasteiger partial charge in [-0.05, 0) is 37.0 Å². The molecule has 0 amide bonds. The Morgan fingerprint density at radius 1 is 1.12 bits per heavy atom. The quantitative estimate of drug-likeness (QED) is 0.399. The van der Waals surface area contributed by atoms with E-state index in [0.29, 0.717) is 13.1 Å². The van der Waals surface area contributed by atoms with E-state index in [1.807, 2.05) is 0 Å². The molecular weight excluding hydrogens is 338 g/mol. The number of nitrogens with one attached hydrogen (secondary N) is 2. The standard InChI is InChI=1S/C17H17N5O2S/c23-22(24)12-6-4-11(5-7-12)18-8-9-19-16-15-13-2-1-3-14(13)25-17(15)21-10-20-16/h4-7,10,18H,1-3,8-9H2,(H,19,20,21). The number of rotatable bonds is 6. The number of nitro groups is 1. The predicted octanol–water partition coefficient (Wildman–Crippen LogP) is 3.61. The van der Waals surface area contributed by atoms with Crippen LogP contribution in [0.2, 0.25) is 0 Å². The van der Waals surface area contributed by atoms with E-state index < -0.39 is 4.92 Å². The molecule has 128 valence electrons. The lowest BCUT2D eigenvalue weighted by Gasteiger charge is -2.09. The van der Waals surface area contributed by atoms with Gasteiger partial charge in [-0.2, -0.15) is 0 Å². The van der Waals surface area contributed by atoms with Gasteiger partial charge in [0.05, 0.1) is 10.3 Å². The van der Waals surface area contributed by atoms with Crippen molar-refractivity contribution in [2.45, 2.75) is 19.3 Å². The maximum Gasteiger partial charge on any atom is 0.269 e. The van der Waals surface area contributed by atoms with E-state index in [0.717, 1.165) is 29.2 Å². The SMILES string of the molecule is O=[N+]([O-])c1ccc(NCCNc2ncnc3sc4c(c23)CCC4)cc1. The van der Waals surface area contributed by atoms with Gasteiger partial charge in [0.25, 0.3) is 5.69 Å². The molecule has 0 bridgehead atoms. The van der Waals surface area contributed by atoms with Crippen LogP contribution in [0.1, 0.15) is 16.9 Å². The van der Waals surface area contributed by atoms with Gasteiger partial charge in [0.1, 0.15) is 17.0 Å². The number of nitro benzene ring substituents is 1.